The van der Waals surface area contributed by atoms with E-state index in [1.165, 1.54) is 0 Å². The second-order valence-corrected chi connectivity index (χ2v) is 7.75. The van der Waals surface area contributed by atoms with Crippen LogP contribution in [0.25, 0.3) is 0 Å². The monoisotopic (exact) mass is 740 g/mol. The molecule has 0 saturated heterocycles. The SMILES string of the molecule is C=CC[C@@H](O)[C]=[C][C@@](C)(O)[C@@H](CCOCc1ccc(OC)cc1)OCOCc1ccccc1.[C-]#[O+].[C-]#[O+].[C-]#[O+].[C-]#[O+].[C-]#[O+].[C-]#[O+].[Co].[Co]. The summed E-state index contributed by atoms with van der Waals surface area (Å²) in [6, 6.07) is 17.4. The van der Waals surface area contributed by atoms with Crippen LogP contribution < -0.4 is 4.74 Å². The van der Waals surface area contributed by atoms with Gasteiger partial charge in [0.15, 0.2) is 0 Å². The average Bonchev–Trinajstić information content (AvgIpc) is 3.12. The number of aliphatic hydroxyl groups is 2. The van der Waals surface area contributed by atoms with Crippen molar-refractivity contribution < 1.29 is 90.6 Å². The van der Waals surface area contributed by atoms with Crippen molar-refractivity contribution in [2.45, 2.75) is 50.8 Å². The van der Waals surface area contributed by atoms with Gasteiger partial charge in [-0.25, -0.2) is 0 Å². The third-order valence-corrected chi connectivity index (χ3v) is 4.93. The first kappa shape index (κ1) is 59.4. The van der Waals surface area contributed by atoms with Crippen molar-refractivity contribution in [3.05, 3.63) is 130 Å². The Labute approximate surface area is 297 Å². The molecule has 2 N–H and O–H groups in total. The molecule has 0 aliphatic heterocycles. The van der Waals surface area contributed by atoms with Gasteiger partial charge in [-0.1, -0.05) is 48.5 Å². The van der Waals surface area contributed by atoms with Crippen LogP contribution in [0.3, 0.4) is 0 Å². The third-order valence-electron chi connectivity index (χ3n) is 4.93. The molecule has 2 aromatic rings. The Morgan fingerprint density at radius 3 is 1.74 bits per heavy atom. The topological polar surface area (TPSA) is 197 Å². The minimum Gasteiger partial charge on any atom is 0 e. The normalized spacial score (nSPS) is 10.9. The van der Waals surface area contributed by atoms with E-state index in [9.17, 15) is 10.2 Å². The molecule has 3 atom stereocenters. The Morgan fingerprint density at radius 2 is 1.28 bits per heavy atom. The van der Waals surface area contributed by atoms with Gasteiger partial charge in [0.05, 0.1) is 32.5 Å². The van der Waals surface area contributed by atoms with Crippen molar-refractivity contribution in [3.63, 3.8) is 0 Å². The molecular weight excluding hydrogens is 706 g/mol. The second-order valence-electron chi connectivity index (χ2n) is 7.75. The predicted molar refractivity (Wildman–Crippen MR) is 150 cm³/mol. The van der Waals surface area contributed by atoms with Crippen LogP contribution >= 0.6 is 0 Å². The van der Waals surface area contributed by atoms with Crippen molar-refractivity contribution in [3.8, 4) is 5.75 Å². The molecule has 256 valence electrons. The number of hydrogen-bond donors (Lipinski definition) is 2. The van der Waals surface area contributed by atoms with Crippen LogP contribution in [0.2, 0.25) is 0 Å². The number of methoxy groups -OCH3 is 1. The van der Waals surface area contributed by atoms with Gasteiger partial charge in [-0.15, -0.1) is 6.58 Å². The van der Waals surface area contributed by atoms with Gasteiger partial charge in [0.1, 0.15) is 18.1 Å². The first-order valence-corrected chi connectivity index (χ1v) is 12.1. The van der Waals surface area contributed by atoms with E-state index >= 15 is 0 Å². The van der Waals surface area contributed by atoms with E-state index in [2.05, 4.69) is 58.6 Å². The Bertz CT molecular complexity index is 1050. The molecule has 12 nitrogen and oxygen atoms in total. The Hall–Kier alpha value is -3.03. The van der Waals surface area contributed by atoms with Gasteiger partial charge in [0.25, 0.3) is 0 Å². The Balaban J connectivity index is -0.000000205. The summed E-state index contributed by atoms with van der Waals surface area (Å²) >= 11 is 0. The largest absolute Gasteiger partial charge is 0 e. The zero-order chi connectivity index (χ0) is 35.9. The van der Waals surface area contributed by atoms with Gasteiger partial charge in [-0.05, 0) is 48.8 Å². The number of aliphatic hydroxyl groups excluding tert-OH is 1. The average molecular weight is 740 g/mol. The third kappa shape index (κ3) is 34.1. The molecule has 0 bridgehead atoms. The Morgan fingerprint density at radius 1 is 0.809 bits per heavy atom. The molecule has 0 heterocycles. The van der Waals surface area contributed by atoms with Gasteiger partial charge in [-0.2, -0.15) is 0 Å². The molecule has 0 fully saturated rings. The first-order chi connectivity index (χ1) is 21.9. The van der Waals surface area contributed by atoms with Crippen LogP contribution in [0.5, 0.6) is 5.75 Å². The predicted octanol–water partition coefficient (Wildman–Crippen LogP) is 3.78. The van der Waals surface area contributed by atoms with Gasteiger partial charge in [0.2, 0.25) is 0 Å². The summed E-state index contributed by atoms with van der Waals surface area (Å²) in [5.41, 5.74) is 0.542. The number of hydrogen-bond acceptors (Lipinski definition) is 6. The summed E-state index contributed by atoms with van der Waals surface area (Å²) in [5, 5.41) is 20.8. The summed E-state index contributed by atoms with van der Waals surface area (Å²) < 4.78 is 67.4. The molecule has 0 aliphatic carbocycles. The first-order valence-electron chi connectivity index (χ1n) is 12.1. The quantitative estimate of drug-likeness (QED) is 0.0864. The van der Waals surface area contributed by atoms with Crippen LogP contribution in [-0.4, -0.2) is 48.5 Å². The number of rotatable bonds is 16. The van der Waals surface area contributed by atoms with Gasteiger partial charge in [0, 0.05) is 46.6 Å². The summed E-state index contributed by atoms with van der Waals surface area (Å²) in [5.74, 6) is 0.788. The number of benzene rings is 2. The molecule has 4 radical (unpaired) electrons. The summed E-state index contributed by atoms with van der Waals surface area (Å²) in [7, 11) is 1.63. The standard InChI is InChI=1S/C27H34O6.6CO.2Co/c1-4-8-24(28)15-17-27(2,29)26(33-21-32-20-22-9-6-5-7-10-22)16-18-31-19-23-11-13-25(30-3)14-12-23;6*1-2;;/h4-7,9-14,24,26,28-29H,1,8,16,18-21H2,2-3H3;;;;;;;;/t24-,26-,27-;;;;;;;;/m1......../s1. The van der Waals surface area contributed by atoms with Crippen molar-refractivity contribution in [1.82, 2.24) is 0 Å². The Kier molecular flexibility index (Phi) is 59.9. The van der Waals surface area contributed by atoms with Crippen molar-refractivity contribution in [2.24, 2.45) is 0 Å². The maximum atomic E-state index is 10.9. The fraction of sp³-hybridized carbons (Fsp3) is 0.333. The molecular formula is C33H34Co2O12. The van der Waals surface area contributed by atoms with Crippen LogP contribution in [0.1, 0.15) is 30.9 Å². The van der Waals surface area contributed by atoms with Crippen LogP contribution in [0.15, 0.2) is 67.3 Å². The van der Waals surface area contributed by atoms with Crippen LogP contribution in [0.4, 0.5) is 0 Å². The molecule has 0 unspecified atom stereocenters. The van der Waals surface area contributed by atoms with E-state index in [1.54, 1.807) is 20.1 Å². The molecule has 2 aromatic carbocycles. The fourth-order valence-corrected chi connectivity index (χ4v) is 3.02. The van der Waals surface area contributed by atoms with Gasteiger partial charge in [-0.3, -0.25) is 0 Å². The maximum Gasteiger partial charge on any atom is 0 e. The second kappa shape index (κ2) is 47.4. The molecule has 0 aliphatic rings. The minimum absolute atomic E-state index is 0. The molecule has 0 spiro atoms. The van der Waals surface area contributed by atoms with Crippen molar-refractivity contribution in [1.29, 1.82) is 0 Å². The fourth-order valence-electron chi connectivity index (χ4n) is 3.02. The van der Waals surface area contributed by atoms with E-state index in [0.717, 1.165) is 16.9 Å². The smallest absolute Gasteiger partial charge is 0 e. The zero-order valence-electron chi connectivity index (χ0n) is 25.5. The van der Waals surface area contributed by atoms with E-state index in [0.29, 0.717) is 32.7 Å². The minimum atomic E-state index is -1.50. The van der Waals surface area contributed by atoms with Gasteiger partial charge >= 0.3 is 67.8 Å². The van der Waals surface area contributed by atoms with E-state index < -0.39 is 17.8 Å². The molecule has 14 heteroatoms. The van der Waals surface area contributed by atoms with Crippen LogP contribution in [-0.2, 0) is 88.9 Å². The molecule has 0 aromatic heterocycles. The summed E-state index contributed by atoms with van der Waals surface area (Å²) in [4.78, 5) is 0. The van der Waals surface area contributed by atoms with Crippen molar-refractivity contribution >= 4 is 0 Å². The molecule has 47 heavy (non-hydrogen) atoms. The molecule has 2 rings (SSSR count). The van der Waals surface area contributed by atoms with E-state index in [-0.39, 0.29) is 40.4 Å². The van der Waals surface area contributed by atoms with Gasteiger partial charge < -0.3 is 29.2 Å². The summed E-state index contributed by atoms with van der Waals surface area (Å²) in [6.45, 7) is 33.3. The van der Waals surface area contributed by atoms with Crippen molar-refractivity contribution in [2.75, 3.05) is 20.5 Å². The molecule has 0 saturated carbocycles. The molecule has 0 amide bonds. The zero-order valence-corrected chi connectivity index (χ0v) is 27.6. The van der Waals surface area contributed by atoms with E-state index in [1.807, 2.05) is 54.6 Å². The maximum absolute atomic E-state index is 10.9. The number of ether oxygens (including phenoxy) is 4. The summed E-state index contributed by atoms with van der Waals surface area (Å²) in [6.07, 6.45) is 6.11. The van der Waals surface area contributed by atoms with Crippen LogP contribution in [0, 0.1) is 52.1 Å². The van der Waals surface area contributed by atoms with E-state index in [4.69, 9.17) is 46.9 Å².